The normalized spacial score (nSPS) is 16.9. The van der Waals surface area contributed by atoms with Gasteiger partial charge >= 0.3 is 0 Å². The summed E-state index contributed by atoms with van der Waals surface area (Å²) in [5.74, 6) is -4.45. The van der Waals surface area contributed by atoms with Gasteiger partial charge in [-0.05, 0) is 87.2 Å². The number of ether oxygens (including phenoxy) is 3. The van der Waals surface area contributed by atoms with Gasteiger partial charge in [-0.1, -0.05) is 69.6 Å². The SMILES string of the molecule is CC[C@H](NC(=O)[C@H]1CC(NC(=O)CCOCCOCCC(=O)N2CCN(C(=O)c3ccc(NC(=O)c4cnc(N)c(O[C@H](C)c5c(F)ccc(Cl)c5F)c4)cc3)CC2)CN1C(=O)[C@H](NC(=O)[C@@H](C)NC)C(C)(C)C)c1ccccc1. The number of nitrogens with zero attached hydrogens (tertiary/aromatic N) is 4. The molecule has 0 radical (unpaired) electrons. The largest absolute Gasteiger partial charge is 0.482 e. The standard InChI is InChI=1S/C57H73ClF2N10O10/c1-8-43(36-12-10-9-11-13-36)66-54(75)44-31-40(33-70(44)56(77)50(57(4,5)6)67-52(73)34(2)62-7)64-46(71)20-26-78-28-29-79-27-21-47(72)68-22-24-69(25-23-68)55(76)37-14-16-39(17-15-37)65-53(74)38-30-45(51(61)63-32-38)80-35(3)48-42(59)19-18-41(58)49(48)60/h9-19,30,32,34-35,40,43-44,50,62H,8,20-29,31,33H2,1-7H3,(H2,61,63)(H,64,71)(H,65,74)(H,66,75)(H,67,73)/t34-,35-,40?,43+,44-,50+/m1/s1. The van der Waals surface area contributed by atoms with E-state index in [0.29, 0.717) is 43.9 Å². The minimum Gasteiger partial charge on any atom is -0.482 e. The van der Waals surface area contributed by atoms with E-state index in [1.807, 2.05) is 58.0 Å². The number of benzene rings is 3. The maximum absolute atomic E-state index is 14.6. The summed E-state index contributed by atoms with van der Waals surface area (Å²) in [7, 11) is 1.65. The Morgan fingerprint density at radius 2 is 1.49 bits per heavy atom. The number of hydrogen-bond acceptors (Lipinski definition) is 13. The maximum atomic E-state index is 14.6. The molecule has 2 fully saturated rings. The number of rotatable bonds is 24. The van der Waals surface area contributed by atoms with Crippen molar-refractivity contribution in [3.63, 3.8) is 0 Å². The van der Waals surface area contributed by atoms with Crippen LogP contribution in [0.3, 0.4) is 0 Å². The number of pyridine rings is 1. The average Bonchev–Trinajstić information content (AvgIpc) is 3.88. The molecule has 3 aromatic carbocycles. The first-order valence-corrected chi connectivity index (χ1v) is 27.1. The number of amides is 7. The zero-order valence-corrected chi connectivity index (χ0v) is 47.0. The van der Waals surface area contributed by atoms with Crippen molar-refractivity contribution in [3.8, 4) is 5.75 Å². The van der Waals surface area contributed by atoms with Crippen LogP contribution in [0.15, 0.2) is 79.0 Å². The number of anilines is 2. The Labute approximate surface area is 470 Å². The summed E-state index contributed by atoms with van der Waals surface area (Å²) in [6.45, 7) is 12.5. The van der Waals surface area contributed by atoms with Crippen molar-refractivity contribution < 1.29 is 56.6 Å². The van der Waals surface area contributed by atoms with Gasteiger partial charge in [-0.15, -0.1) is 0 Å². The monoisotopic (exact) mass is 1130 g/mol. The Balaban J connectivity index is 0.886. The van der Waals surface area contributed by atoms with Gasteiger partial charge in [-0.2, -0.15) is 0 Å². The Kier molecular flexibility index (Phi) is 22.3. The molecule has 1 aromatic heterocycles. The van der Waals surface area contributed by atoms with Crippen LogP contribution >= 0.6 is 11.6 Å². The van der Waals surface area contributed by atoms with E-state index in [4.69, 9.17) is 31.5 Å². The first kappa shape index (κ1) is 61.9. The molecule has 2 aliphatic heterocycles. The fraction of sp³-hybridized carbons (Fsp3) is 0.474. The van der Waals surface area contributed by atoms with Gasteiger partial charge in [0.15, 0.2) is 17.4 Å². The van der Waals surface area contributed by atoms with Gasteiger partial charge < -0.3 is 61.2 Å². The number of likely N-dealkylation sites (N-methyl/N-ethyl adjacent to an activating group) is 1. The van der Waals surface area contributed by atoms with Crippen LogP contribution in [-0.2, 0) is 33.4 Å². The third-order valence-electron chi connectivity index (χ3n) is 14.0. The summed E-state index contributed by atoms with van der Waals surface area (Å²) in [6, 6.07) is 15.9. The lowest BCUT2D eigenvalue weighted by molar-refractivity contribution is -0.144. The van der Waals surface area contributed by atoms with Crippen molar-refractivity contribution in [2.75, 3.05) is 77.2 Å². The lowest BCUT2D eigenvalue weighted by Gasteiger charge is -2.36. The first-order chi connectivity index (χ1) is 38.1. The molecule has 4 aromatic rings. The molecule has 0 spiro atoms. The molecule has 432 valence electrons. The molecule has 2 aliphatic rings. The first-order valence-electron chi connectivity index (χ1n) is 26.7. The number of nitrogens with one attached hydrogen (secondary N) is 5. The lowest BCUT2D eigenvalue weighted by atomic mass is 9.85. The predicted octanol–water partition coefficient (Wildman–Crippen LogP) is 5.58. The maximum Gasteiger partial charge on any atom is 0.257 e. The molecule has 7 amide bonds. The molecule has 80 heavy (non-hydrogen) atoms. The summed E-state index contributed by atoms with van der Waals surface area (Å²) in [6.07, 6.45) is 0.966. The van der Waals surface area contributed by atoms with Gasteiger partial charge in [-0.25, -0.2) is 13.8 Å². The second kappa shape index (κ2) is 28.7. The molecular formula is C57H73ClF2N10O10. The summed E-state index contributed by atoms with van der Waals surface area (Å²) < 4.78 is 46.1. The lowest BCUT2D eigenvalue weighted by Crippen LogP contribution is -2.59. The number of halogens is 3. The molecule has 0 aliphatic carbocycles. The fourth-order valence-electron chi connectivity index (χ4n) is 9.20. The summed E-state index contributed by atoms with van der Waals surface area (Å²) >= 11 is 5.83. The predicted molar refractivity (Wildman–Crippen MR) is 296 cm³/mol. The molecule has 3 heterocycles. The molecule has 0 bridgehead atoms. The Bertz CT molecular complexity index is 2820. The van der Waals surface area contributed by atoms with E-state index >= 15 is 0 Å². The van der Waals surface area contributed by atoms with Crippen LogP contribution in [0.1, 0.15) is 111 Å². The highest BCUT2D eigenvalue weighted by molar-refractivity contribution is 6.30. The van der Waals surface area contributed by atoms with E-state index in [-0.39, 0.29) is 110 Å². The van der Waals surface area contributed by atoms with Gasteiger partial charge in [-0.3, -0.25) is 33.6 Å². The highest BCUT2D eigenvalue weighted by Crippen LogP contribution is 2.33. The van der Waals surface area contributed by atoms with Gasteiger partial charge in [0.2, 0.25) is 29.5 Å². The number of likely N-dealkylation sites (tertiary alicyclic amines) is 1. The van der Waals surface area contributed by atoms with Crippen molar-refractivity contribution >= 4 is 64.5 Å². The van der Waals surface area contributed by atoms with Crippen molar-refractivity contribution in [1.29, 1.82) is 0 Å². The van der Waals surface area contributed by atoms with Gasteiger partial charge in [0.25, 0.3) is 11.8 Å². The van der Waals surface area contributed by atoms with Crippen LogP contribution in [0.25, 0.3) is 0 Å². The zero-order valence-electron chi connectivity index (χ0n) is 46.2. The van der Waals surface area contributed by atoms with Crippen molar-refractivity contribution in [3.05, 3.63) is 118 Å². The number of carbonyl (C=O) groups is 7. The van der Waals surface area contributed by atoms with Crippen LogP contribution in [0, 0.1) is 17.0 Å². The van der Waals surface area contributed by atoms with E-state index in [9.17, 15) is 42.3 Å². The molecule has 7 N–H and O–H groups in total. The van der Waals surface area contributed by atoms with Crippen molar-refractivity contribution in [1.82, 2.24) is 41.0 Å². The zero-order chi connectivity index (χ0) is 58.3. The second-order valence-corrected chi connectivity index (χ2v) is 21.2. The number of aromatic nitrogens is 1. The van der Waals surface area contributed by atoms with E-state index < -0.39 is 64.7 Å². The quantitative estimate of drug-likeness (QED) is 0.0371. The van der Waals surface area contributed by atoms with E-state index in [1.54, 1.807) is 48.0 Å². The van der Waals surface area contributed by atoms with Crippen LogP contribution in [0.2, 0.25) is 5.02 Å². The fourth-order valence-corrected chi connectivity index (χ4v) is 9.37. The van der Waals surface area contributed by atoms with Crippen LogP contribution in [-0.4, -0.2) is 151 Å². The van der Waals surface area contributed by atoms with E-state index in [2.05, 4.69) is 31.6 Å². The molecule has 0 saturated carbocycles. The molecule has 6 rings (SSSR count). The molecule has 6 atom stereocenters. The van der Waals surface area contributed by atoms with E-state index in [0.717, 1.165) is 17.7 Å². The molecule has 1 unspecified atom stereocenters. The Morgan fingerprint density at radius 3 is 2.12 bits per heavy atom. The average molecular weight is 1130 g/mol. The summed E-state index contributed by atoms with van der Waals surface area (Å²) in [5, 5.41) is 14.3. The number of nitrogens with two attached hydrogens (primary N) is 1. The van der Waals surface area contributed by atoms with E-state index in [1.165, 1.54) is 24.1 Å². The summed E-state index contributed by atoms with van der Waals surface area (Å²) in [5.41, 5.74) is 6.54. The summed E-state index contributed by atoms with van der Waals surface area (Å²) in [4.78, 5) is 103. The third-order valence-corrected chi connectivity index (χ3v) is 14.2. The number of hydrogen-bond donors (Lipinski definition) is 6. The number of nitrogen functional groups attached to an aromatic ring is 1. The van der Waals surface area contributed by atoms with Gasteiger partial charge in [0, 0.05) is 62.6 Å². The highest BCUT2D eigenvalue weighted by atomic mass is 35.5. The Hall–Kier alpha value is -7.27. The van der Waals surface area contributed by atoms with Crippen LogP contribution in [0.5, 0.6) is 5.75 Å². The number of carbonyl (C=O) groups excluding carboxylic acids is 7. The smallest absolute Gasteiger partial charge is 0.257 e. The number of piperazine rings is 1. The molecule has 23 heteroatoms. The molecular weight excluding hydrogens is 1060 g/mol. The minimum atomic E-state index is -1.17. The minimum absolute atomic E-state index is 0.0122. The van der Waals surface area contributed by atoms with Crippen molar-refractivity contribution in [2.45, 2.75) is 104 Å². The van der Waals surface area contributed by atoms with Crippen LogP contribution in [0.4, 0.5) is 20.3 Å². The topological polar surface area (TPSA) is 256 Å². The molecule has 2 saturated heterocycles. The van der Waals surface area contributed by atoms with Gasteiger partial charge in [0.1, 0.15) is 24.0 Å². The van der Waals surface area contributed by atoms with Crippen molar-refractivity contribution in [2.24, 2.45) is 5.41 Å². The Morgan fingerprint density at radius 1 is 0.838 bits per heavy atom. The second-order valence-electron chi connectivity index (χ2n) is 20.8. The van der Waals surface area contributed by atoms with Crippen LogP contribution < -0.4 is 37.1 Å². The molecule has 20 nitrogen and oxygen atoms in total. The highest BCUT2D eigenvalue weighted by Gasteiger charge is 2.46. The van der Waals surface area contributed by atoms with Gasteiger partial charge in [0.05, 0.1) is 61.1 Å². The third kappa shape index (κ3) is 16.6.